The molecule has 0 rings (SSSR count). The minimum Gasteiger partial charge on any atom is -0.462 e. The zero-order valence-corrected chi connectivity index (χ0v) is 36.4. The van der Waals surface area contributed by atoms with Crippen molar-refractivity contribution in [3.63, 3.8) is 0 Å². The number of carbonyl (C=O) groups excluding carboxylic acids is 3. The third-order valence-electron chi connectivity index (χ3n) is 9.48. The van der Waals surface area contributed by atoms with Crippen LogP contribution in [0.25, 0.3) is 0 Å². The summed E-state index contributed by atoms with van der Waals surface area (Å²) in [5.74, 6) is -1.07. The van der Waals surface area contributed by atoms with Crippen LogP contribution in [0.2, 0.25) is 0 Å². The van der Waals surface area contributed by atoms with Gasteiger partial charge in [0.25, 0.3) is 0 Å². The summed E-state index contributed by atoms with van der Waals surface area (Å²) in [6.07, 6.45) is 54.9. The monoisotopic (exact) mass is 781 g/mol. The zero-order chi connectivity index (χ0) is 40.8. The van der Waals surface area contributed by atoms with E-state index in [-0.39, 0.29) is 31.6 Å². The van der Waals surface area contributed by atoms with Gasteiger partial charge in [-0.3, -0.25) is 14.4 Å². The highest BCUT2D eigenvalue weighted by Crippen LogP contribution is 2.12. The van der Waals surface area contributed by atoms with Gasteiger partial charge < -0.3 is 14.2 Å². The summed E-state index contributed by atoms with van der Waals surface area (Å²) in [4.78, 5) is 37.6. The highest BCUT2D eigenvalue weighted by Gasteiger charge is 2.19. The third-order valence-corrected chi connectivity index (χ3v) is 9.48. The van der Waals surface area contributed by atoms with Gasteiger partial charge in [0, 0.05) is 12.8 Å². The summed E-state index contributed by atoms with van der Waals surface area (Å²) in [5, 5.41) is 0. The molecule has 320 valence electrons. The van der Waals surface area contributed by atoms with Gasteiger partial charge in [-0.15, -0.1) is 0 Å². The smallest absolute Gasteiger partial charge is 0.310 e. The van der Waals surface area contributed by atoms with E-state index in [9.17, 15) is 14.4 Å². The second-order valence-corrected chi connectivity index (χ2v) is 14.9. The fourth-order valence-corrected chi connectivity index (χ4v) is 6.04. The van der Waals surface area contributed by atoms with Crippen molar-refractivity contribution in [2.24, 2.45) is 0 Å². The lowest BCUT2D eigenvalue weighted by Gasteiger charge is -2.18. The minimum atomic E-state index is -0.828. The van der Waals surface area contributed by atoms with Crippen molar-refractivity contribution in [3.05, 3.63) is 72.9 Å². The Morgan fingerprint density at radius 2 is 0.750 bits per heavy atom. The second kappa shape index (κ2) is 44.6. The number of esters is 3. The van der Waals surface area contributed by atoms with Gasteiger partial charge in [-0.05, 0) is 70.6 Å². The molecule has 0 aromatic carbocycles. The van der Waals surface area contributed by atoms with Gasteiger partial charge in [-0.2, -0.15) is 0 Å². The lowest BCUT2D eigenvalue weighted by molar-refractivity contribution is -0.166. The molecule has 0 saturated heterocycles. The van der Waals surface area contributed by atoms with Crippen LogP contribution in [0.5, 0.6) is 0 Å². The summed E-state index contributed by atoms with van der Waals surface area (Å²) < 4.78 is 16.5. The lowest BCUT2D eigenvalue weighted by atomic mass is 10.1. The minimum absolute atomic E-state index is 0.0962. The fourth-order valence-electron chi connectivity index (χ4n) is 6.04. The first kappa shape index (κ1) is 52.9. The zero-order valence-electron chi connectivity index (χ0n) is 36.4. The van der Waals surface area contributed by atoms with E-state index in [4.69, 9.17) is 14.2 Å². The predicted molar refractivity (Wildman–Crippen MR) is 238 cm³/mol. The number of hydrogen-bond donors (Lipinski definition) is 0. The standard InChI is InChI=1S/C50H84O6/c1-4-7-10-13-16-18-20-22-24-26-27-29-31-34-37-40-43-49(52)55-46-47(45-54-48(51)42-39-36-33-15-12-9-6-3)56-50(53)44-41-38-35-32-30-28-25-23-21-19-17-14-11-8-5-2/h8,11,17,19,23-26,30,32,38,41,47H,4-7,9-10,12-16,18,20-22,27-29,31,33-37,39-40,42-46H2,1-3H3/b11-8-,19-17-,25-23-,26-24-,32-30-,41-38-. The van der Waals surface area contributed by atoms with E-state index in [0.717, 1.165) is 83.5 Å². The van der Waals surface area contributed by atoms with Gasteiger partial charge in [0.1, 0.15) is 13.2 Å². The van der Waals surface area contributed by atoms with Crippen LogP contribution in [0, 0.1) is 0 Å². The van der Waals surface area contributed by atoms with Gasteiger partial charge in [-0.1, -0.05) is 190 Å². The van der Waals surface area contributed by atoms with Gasteiger partial charge in [0.05, 0.1) is 6.42 Å². The summed E-state index contributed by atoms with van der Waals surface area (Å²) in [5.41, 5.74) is 0. The molecular weight excluding hydrogens is 697 g/mol. The maximum atomic E-state index is 12.6. The van der Waals surface area contributed by atoms with Crippen molar-refractivity contribution in [2.75, 3.05) is 13.2 Å². The highest BCUT2D eigenvalue weighted by molar-refractivity contribution is 5.72. The Balaban J connectivity index is 4.45. The van der Waals surface area contributed by atoms with Crippen LogP contribution in [0.3, 0.4) is 0 Å². The summed E-state index contributed by atoms with van der Waals surface area (Å²) in [6, 6.07) is 0. The molecule has 0 heterocycles. The van der Waals surface area contributed by atoms with E-state index in [1.165, 1.54) is 83.5 Å². The summed E-state index contributed by atoms with van der Waals surface area (Å²) in [7, 11) is 0. The average molecular weight is 781 g/mol. The Morgan fingerprint density at radius 3 is 1.16 bits per heavy atom. The molecule has 1 unspecified atom stereocenters. The first-order valence-electron chi connectivity index (χ1n) is 22.9. The topological polar surface area (TPSA) is 78.9 Å². The van der Waals surface area contributed by atoms with E-state index in [0.29, 0.717) is 12.8 Å². The molecule has 56 heavy (non-hydrogen) atoms. The predicted octanol–water partition coefficient (Wildman–Crippen LogP) is 14.7. The van der Waals surface area contributed by atoms with E-state index in [1.807, 2.05) is 6.08 Å². The Morgan fingerprint density at radius 1 is 0.393 bits per heavy atom. The van der Waals surface area contributed by atoms with Crippen LogP contribution in [0.4, 0.5) is 0 Å². The van der Waals surface area contributed by atoms with Crippen molar-refractivity contribution in [1.82, 2.24) is 0 Å². The number of rotatable bonds is 40. The molecule has 0 saturated carbocycles. The highest BCUT2D eigenvalue weighted by atomic mass is 16.6. The lowest BCUT2D eigenvalue weighted by Crippen LogP contribution is -2.30. The van der Waals surface area contributed by atoms with Gasteiger partial charge >= 0.3 is 17.9 Å². The van der Waals surface area contributed by atoms with Gasteiger partial charge in [0.15, 0.2) is 6.10 Å². The number of unbranched alkanes of at least 4 members (excludes halogenated alkanes) is 18. The molecule has 0 amide bonds. The van der Waals surface area contributed by atoms with Crippen LogP contribution < -0.4 is 0 Å². The first-order chi connectivity index (χ1) is 27.5. The number of ether oxygens (including phenoxy) is 3. The van der Waals surface area contributed by atoms with Crippen LogP contribution in [-0.4, -0.2) is 37.2 Å². The largest absolute Gasteiger partial charge is 0.462 e. The maximum Gasteiger partial charge on any atom is 0.310 e. The van der Waals surface area contributed by atoms with Crippen LogP contribution in [0.1, 0.15) is 207 Å². The van der Waals surface area contributed by atoms with Crippen molar-refractivity contribution in [2.45, 2.75) is 213 Å². The molecule has 0 bridgehead atoms. The molecular formula is C50H84O6. The average Bonchev–Trinajstić information content (AvgIpc) is 3.19. The molecule has 0 radical (unpaired) electrons. The molecule has 0 spiro atoms. The Hall–Kier alpha value is -3.15. The summed E-state index contributed by atoms with van der Waals surface area (Å²) in [6.45, 7) is 6.37. The molecule has 0 fully saturated rings. The van der Waals surface area contributed by atoms with E-state index >= 15 is 0 Å². The molecule has 6 heteroatoms. The third kappa shape index (κ3) is 42.0. The van der Waals surface area contributed by atoms with Crippen molar-refractivity contribution < 1.29 is 28.6 Å². The molecule has 0 aliphatic carbocycles. The van der Waals surface area contributed by atoms with Crippen molar-refractivity contribution in [3.8, 4) is 0 Å². The van der Waals surface area contributed by atoms with Crippen LogP contribution >= 0.6 is 0 Å². The van der Waals surface area contributed by atoms with E-state index in [2.05, 4.69) is 81.5 Å². The van der Waals surface area contributed by atoms with Crippen LogP contribution in [0.15, 0.2) is 72.9 Å². The second-order valence-electron chi connectivity index (χ2n) is 14.9. The number of carbonyl (C=O) groups is 3. The Bertz CT molecular complexity index is 1080. The van der Waals surface area contributed by atoms with Gasteiger partial charge in [0.2, 0.25) is 0 Å². The normalized spacial score (nSPS) is 12.7. The van der Waals surface area contributed by atoms with E-state index in [1.54, 1.807) is 6.08 Å². The fraction of sp³-hybridized carbons (Fsp3) is 0.700. The van der Waals surface area contributed by atoms with Gasteiger partial charge in [-0.25, -0.2) is 0 Å². The van der Waals surface area contributed by atoms with Crippen molar-refractivity contribution in [1.29, 1.82) is 0 Å². The Kier molecular flexibility index (Phi) is 42.1. The Labute approximate surface area is 344 Å². The summed E-state index contributed by atoms with van der Waals surface area (Å²) >= 11 is 0. The molecule has 0 N–H and O–H groups in total. The first-order valence-corrected chi connectivity index (χ1v) is 22.9. The van der Waals surface area contributed by atoms with Crippen LogP contribution in [-0.2, 0) is 28.6 Å². The maximum absolute atomic E-state index is 12.6. The van der Waals surface area contributed by atoms with E-state index < -0.39 is 12.1 Å². The number of allylic oxidation sites excluding steroid dienone is 11. The SMILES string of the molecule is CC/C=C\C/C=C\C/C=C\C/C=C\C/C=C\CC(=O)OC(COC(=O)CCCCCCC/C=C\CCCCCCCCC)COC(=O)CCCCCCCCC. The van der Waals surface area contributed by atoms with Crippen molar-refractivity contribution >= 4 is 17.9 Å². The molecule has 0 aromatic rings. The quantitative estimate of drug-likeness (QED) is 0.0267. The number of hydrogen-bond acceptors (Lipinski definition) is 6. The molecule has 0 aliphatic rings. The molecule has 6 nitrogen and oxygen atoms in total. The molecule has 0 aliphatic heterocycles. The molecule has 1 atom stereocenters. The molecule has 0 aromatic heterocycles.